The summed E-state index contributed by atoms with van der Waals surface area (Å²) in [4.78, 5) is 17.8. The van der Waals surface area contributed by atoms with Crippen LogP contribution in [0.3, 0.4) is 0 Å². The summed E-state index contributed by atoms with van der Waals surface area (Å²) in [7, 11) is -3.06. The summed E-state index contributed by atoms with van der Waals surface area (Å²) in [6.07, 6.45) is -0.227. The molecule has 0 radical (unpaired) electrons. The number of benzene rings is 1. The minimum absolute atomic E-state index is 0.0180. The van der Waals surface area contributed by atoms with Crippen molar-refractivity contribution < 1.29 is 40.2 Å². The largest absolute Gasteiger partial charge is 0.491 e. The van der Waals surface area contributed by atoms with Crippen LogP contribution in [0.4, 0.5) is 28.9 Å². The standard InChI is InChI=1S/C18H18F4N4O5S/c1-30-16-12(3-2-11(19)15(16)20)26-8-10(31-18(21)22)7-13(26)17(27)25-9-4-5-24-14(6-9)32(23,28)29/h2-6,10,13,18H,7-8H2,1H3,(H2,23,28,29)(H,24,25,27)/t10-,13?/m1/s1. The number of nitrogens with two attached hydrogens (primary N) is 1. The second-order valence-electron chi connectivity index (χ2n) is 6.75. The fraction of sp³-hybridized carbons (Fsp3) is 0.333. The highest BCUT2D eigenvalue weighted by Crippen LogP contribution is 2.38. The molecule has 1 unspecified atom stereocenters. The van der Waals surface area contributed by atoms with Crippen molar-refractivity contribution in [2.24, 2.45) is 5.14 Å². The van der Waals surface area contributed by atoms with Gasteiger partial charge in [-0.25, -0.2) is 22.9 Å². The molecule has 1 aromatic heterocycles. The van der Waals surface area contributed by atoms with Gasteiger partial charge in [0.05, 0.1) is 18.9 Å². The minimum atomic E-state index is -4.14. The summed E-state index contributed by atoms with van der Waals surface area (Å²) in [6.45, 7) is -3.36. The molecule has 1 aliphatic heterocycles. The lowest BCUT2D eigenvalue weighted by molar-refractivity contribution is -0.157. The van der Waals surface area contributed by atoms with Crippen molar-refractivity contribution in [1.29, 1.82) is 0 Å². The average molecular weight is 478 g/mol. The van der Waals surface area contributed by atoms with Crippen LogP contribution in [0.1, 0.15) is 6.42 Å². The van der Waals surface area contributed by atoms with Gasteiger partial charge in [-0.15, -0.1) is 0 Å². The Hall–Kier alpha value is -2.97. The maximum Gasteiger partial charge on any atom is 0.345 e. The highest BCUT2D eigenvalue weighted by molar-refractivity contribution is 7.89. The van der Waals surface area contributed by atoms with Gasteiger partial charge in [0.2, 0.25) is 11.7 Å². The fourth-order valence-electron chi connectivity index (χ4n) is 3.37. The summed E-state index contributed by atoms with van der Waals surface area (Å²) in [6, 6.07) is 3.09. The predicted octanol–water partition coefficient (Wildman–Crippen LogP) is 1.84. The number of nitrogens with zero attached hydrogens (tertiary/aromatic N) is 2. The van der Waals surface area contributed by atoms with Crippen LogP contribution in [-0.2, 0) is 19.6 Å². The van der Waals surface area contributed by atoms with Gasteiger partial charge < -0.3 is 19.7 Å². The quantitative estimate of drug-likeness (QED) is 0.582. The molecule has 2 aromatic rings. The number of carbonyl (C=O) groups excluding carboxylic acids is 1. The van der Waals surface area contributed by atoms with Crippen LogP contribution in [0.5, 0.6) is 5.75 Å². The minimum Gasteiger partial charge on any atom is -0.491 e. The fourth-order valence-corrected chi connectivity index (χ4v) is 3.87. The smallest absolute Gasteiger partial charge is 0.345 e. The Balaban J connectivity index is 1.93. The molecule has 1 amide bonds. The molecule has 2 heterocycles. The van der Waals surface area contributed by atoms with Crippen LogP contribution in [0, 0.1) is 11.6 Å². The Morgan fingerprint density at radius 1 is 1.31 bits per heavy atom. The van der Waals surface area contributed by atoms with Gasteiger partial charge in [0.15, 0.2) is 16.6 Å². The van der Waals surface area contributed by atoms with E-state index in [0.717, 1.165) is 31.5 Å². The van der Waals surface area contributed by atoms with E-state index in [1.54, 1.807) is 0 Å². The van der Waals surface area contributed by atoms with E-state index in [1.807, 2.05) is 0 Å². The molecule has 174 valence electrons. The summed E-state index contributed by atoms with van der Waals surface area (Å²) in [5, 5.41) is 6.96. The first-order valence-corrected chi connectivity index (χ1v) is 10.6. The molecule has 3 N–H and O–H groups in total. The molecular formula is C18H18F4N4O5S. The average Bonchev–Trinajstić information content (AvgIpc) is 3.12. The van der Waals surface area contributed by atoms with Gasteiger partial charge in [-0.1, -0.05) is 0 Å². The highest BCUT2D eigenvalue weighted by atomic mass is 32.2. The van der Waals surface area contributed by atoms with Crippen LogP contribution >= 0.6 is 0 Å². The lowest BCUT2D eigenvalue weighted by atomic mass is 10.1. The van der Waals surface area contributed by atoms with E-state index in [0.29, 0.717) is 0 Å². The summed E-state index contributed by atoms with van der Waals surface area (Å²) >= 11 is 0. The van der Waals surface area contributed by atoms with Crippen LogP contribution in [0.15, 0.2) is 35.5 Å². The number of pyridine rings is 1. The number of hydrogen-bond acceptors (Lipinski definition) is 7. The summed E-state index contributed by atoms with van der Waals surface area (Å²) < 4.78 is 85.7. The van der Waals surface area contributed by atoms with Crippen LogP contribution in [0.2, 0.25) is 0 Å². The second kappa shape index (κ2) is 9.26. The van der Waals surface area contributed by atoms with Crippen molar-refractivity contribution in [2.75, 3.05) is 23.9 Å². The molecule has 0 spiro atoms. The van der Waals surface area contributed by atoms with Gasteiger partial charge in [-0.2, -0.15) is 13.2 Å². The van der Waals surface area contributed by atoms with Gasteiger partial charge >= 0.3 is 6.61 Å². The van der Waals surface area contributed by atoms with Crippen molar-refractivity contribution in [2.45, 2.75) is 30.2 Å². The van der Waals surface area contributed by atoms with E-state index in [9.17, 15) is 30.8 Å². The van der Waals surface area contributed by atoms with E-state index in [-0.39, 0.29) is 24.3 Å². The molecule has 0 bridgehead atoms. The zero-order chi connectivity index (χ0) is 23.6. The molecule has 1 saturated heterocycles. The number of aromatic nitrogens is 1. The third-order valence-corrected chi connectivity index (χ3v) is 5.50. The number of alkyl halides is 2. The Morgan fingerprint density at radius 2 is 2.03 bits per heavy atom. The lowest BCUT2D eigenvalue weighted by Gasteiger charge is -2.27. The van der Waals surface area contributed by atoms with E-state index >= 15 is 0 Å². The molecule has 0 aliphatic carbocycles. The predicted molar refractivity (Wildman–Crippen MR) is 104 cm³/mol. The van der Waals surface area contributed by atoms with Crippen molar-refractivity contribution >= 4 is 27.3 Å². The van der Waals surface area contributed by atoms with E-state index < -0.39 is 57.1 Å². The Labute approximate surface area is 180 Å². The SMILES string of the molecule is COc1c(N2C[C@H](OC(F)F)CC2C(=O)Nc2ccnc(S(N)(=O)=O)c2)ccc(F)c1F. The first-order chi connectivity index (χ1) is 15.0. The molecule has 0 saturated carbocycles. The maximum atomic E-state index is 14.2. The van der Waals surface area contributed by atoms with Crippen molar-refractivity contribution in [1.82, 2.24) is 4.98 Å². The van der Waals surface area contributed by atoms with Gasteiger partial charge in [0, 0.05) is 30.9 Å². The molecule has 1 aliphatic rings. The Bertz CT molecular complexity index is 1120. The molecule has 1 aromatic carbocycles. The number of primary sulfonamides is 1. The number of amides is 1. The van der Waals surface area contributed by atoms with E-state index in [4.69, 9.17) is 9.88 Å². The molecule has 9 nitrogen and oxygen atoms in total. The Kier molecular flexibility index (Phi) is 6.85. The zero-order valence-electron chi connectivity index (χ0n) is 16.5. The number of rotatable bonds is 7. The highest BCUT2D eigenvalue weighted by Gasteiger charge is 2.40. The van der Waals surface area contributed by atoms with Gasteiger partial charge in [0.25, 0.3) is 10.0 Å². The van der Waals surface area contributed by atoms with Crippen molar-refractivity contribution in [3.63, 3.8) is 0 Å². The Morgan fingerprint density at radius 3 is 2.66 bits per heavy atom. The third kappa shape index (κ3) is 5.08. The van der Waals surface area contributed by atoms with Crippen LogP contribution in [-0.4, -0.2) is 51.7 Å². The van der Waals surface area contributed by atoms with Crippen LogP contribution in [0.25, 0.3) is 0 Å². The number of halogens is 4. The summed E-state index contributed by atoms with van der Waals surface area (Å²) in [5.74, 6) is -3.77. The second-order valence-corrected chi connectivity index (χ2v) is 8.26. The maximum absolute atomic E-state index is 14.2. The van der Waals surface area contributed by atoms with Gasteiger partial charge in [0.1, 0.15) is 6.04 Å². The molecule has 32 heavy (non-hydrogen) atoms. The summed E-state index contributed by atoms with van der Waals surface area (Å²) in [5.41, 5.74) is -0.0312. The molecule has 2 atom stereocenters. The number of anilines is 2. The normalized spacial score (nSPS) is 18.8. The number of carbonyl (C=O) groups is 1. The molecular weight excluding hydrogens is 460 g/mol. The van der Waals surface area contributed by atoms with E-state index in [1.165, 1.54) is 11.0 Å². The number of ether oxygens (including phenoxy) is 2. The number of hydrogen-bond donors (Lipinski definition) is 2. The van der Waals surface area contributed by atoms with Crippen molar-refractivity contribution in [3.05, 3.63) is 42.1 Å². The molecule has 1 fully saturated rings. The monoisotopic (exact) mass is 478 g/mol. The lowest BCUT2D eigenvalue weighted by Crippen LogP contribution is -2.40. The molecule has 3 rings (SSSR count). The molecule has 14 heteroatoms. The first kappa shape index (κ1) is 23.7. The number of sulfonamides is 1. The van der Waals surface area contributed by atoms with Gasteiger partial charge in [-0.3, -0.25) is 4.79 Å². The van der Waals surface area contributed by atoms with Gasteiger partial charge in [-0.05, 0) is 18.2 Å². The van der Waals surface area contributed by atoms with E-state index in [2.05, 4.69) is 15.0 Å². The third-order valence-electron chi connectivity index (χ3n) is 4.70. The zero-order valence-corrected chi connectivity index (χ0v) is 17.3. The first-order valence-electron chi connectivity index (χ1n) is 9.03. The topological polar surface area (TPSA) is 124 Å². The van der Waals surface area contributed by atoms with Crippen molar-refractivity contribution in [3.8, 4) is 5.75 Å². The number of methoxy groups -OCH3 is 1. The van der Waals surface area contributed by atoms with Crippen LogP contribution < -0.4 is 20.1 Å². The number of nitrogens with one attached hydrogen (secondary N) is 1.